The third kappa shape index (κ3) is 5.00. The van der Waals surface area contributed by atoms with Crippen LogP contribution in [0.15, 0.2) is 36.7 Å². The van der Waals surface area contributed by atoms with E-state index in [0.29, 0.717) is 25.5 Å². The number of carbonyl (C=O) groups is 1. The summed E-state index contributed by atoms with van der Waals surface area (Å²) in [6, 6.07) is 4.86. The molecule has 0 fully saturated rings. The lowest BCUT2D eigenvalue weighted by Gasteiger charge is -2.26. The van der Waals surface area contributed by atoms with Gasteiger partial charge in [-0.3, -0.25) is 0 Å². The van der Waals surface area contributed by atoms with Crippen molar-refractivity contribution in [3.8, 4) is 0 Å². The lowest BCUT2D eigenvalue weighted by Crippen LogP contribution is -2.43. The molecular formula is C18H23F3N4O. The number of amides is 2. The molecule has 0 aliphatic carbocycles. The highest BCUT2D eigenvalue weighted by Crippen LogP contribution is 2.29. The number of hydrogen-bond donors (Lipinski definition) is 1. The van der Waals surface area contributed by atoms with Crippen LogP contribution in [0.5, 0.6) is 0 Å². The van der Waals surface area contributed by atoms with Gasteiger partial charge in [-0.1, -0.05) is 12.1 Å². The molecule has 0 aliphatic heterocycles. The number of hydrogen-bond acceptors (Lipinski definition) is 2. The van der Waals surface area contributed by atoms with Gasteiger partial charge in [0.2, 0.25) is 0 Å². The molecule has 0 radical (unpaired) electrons. The Morgan fingerprint density at radius 2 is 1.92 bits per heavy atom. The van der Waals surface area contributed by atoms with Crippen molar-refractivity contribution in [2.24, 2.45) is 0 Å². The van der Waals surface area contributed by atoms with Crippen molar-refractivity contribution in [1.29, 1.82) is 0 Å². The first kappa shape index (κ1) is 19.8. The van der Waals surface area contributed by atoms with Gasteiger partial charge in [-0.15, -0.1) is 0 Å². The van der Waals surface area contributed by atoms with Crippen LogP contribution in [0.1, 0.15) is 37.7 Å². The summed E-state index contributed by atoms with van der Waals surface area (Å²) >= 11 is 0. The van der Waals surface area contributed by atoms with Gasteiger partial charge < -0.3 is 14.8 Å². The summed E-state index contributed by atoms with van der Waals surface area (Å²) in [4.78, 5) is 18.1. The molecule has 0 spiro atoms. The lowest BCUT2D eigenvalue weighted by atomic mass is 10.1. The number of urea groups is 1. The molecular weight excluding hydrogens is 345 g/mol. The zero-order valence-corrected chi connectivity index (χ0v) is 15.0. The maximum absolute atomic E-state index is 12.7. The normalized spacial score (nSPS) is 11.7. The van der Waals surface area contributed by atoms with Gasteiger partial charge in [-0.25, -0.2) is 9.78 Å². The fraction of sp³-hybridized carbons (Fsp3) is 0.444. The summed E-state index contributed by atoms with van der Waals surface area (Å²) in [5.74, 6) is 0.671. The first-order chi connectivity index (χ1) is 12.2. The highest BCUT2D eigenvalue weighted by Gasteiger charge is 2.30. The zero-order chi connectivity index (χ0) is 19.3. The number of nitrogens with zero attached hydrogens (tertiary/aromatic N) is 3. The van der Waals surface area contributed by atoms with Crippen LogP contribution in [0.2, 0.25) is 0 Å². The van der Waals surface area contributed by atoms with Crippen molar-refractivity contribution >= 4 is 6.03 Å². The summed E-state index contributed by atoms with van der Waals surface area (Å²) in [6.45, 7) is 6.91. The molecule has 8 heteroatoms. The van der Waals surface area contributed by atoms with E-state index in [-0.39, 0.29) is 12.1 Å². The van der Waals surface area contributed by atoms with E-state index >= 15 is 0 Å². The first-order valence-corrected chi connectivity index (χ1v) is 8.43. The number of aromatic nitrogens is 2. The van der Waals surface area contributed by atoms with Crippen molar-refractivity contribution in [2.45, 2.75) is 46.1 Å². The van der Waals surface area contributed by atoms with Gasteiger partial charge in [0.15, 0.2) is 0 Å². The summed E-state index contributed by atoms with van der Waals surface area (Å²) in [5.41, 5.74) is 0.0562. The number of nitrogens with one attached hydrogen (secondary N) is 1. The molecule has 0 atom stereocenters. The fourth-order valence-corrected chi connectivity index (χ4v) is 2.53. The predicted molar refractivity (Wildman–Crippen MR) is 92.5 cm³/mol. The van der Waals surface area contributed by atoms with Crippen LogP contribution in [0.3, 0.4) is 0 Å². The Labute approximate surface area is 150 Å². The summed E-state index contributed by atoms with van der Waals surface area (Å²) in [5, 5.41) is 2.77. The standard InChI is InChI=1S/C18H23F3N4O/c1-4-22-17(26)25(13(2)3)12-16-23-9-10-24(16)11-14-5-7-15(8-6-14)18(19,20)21/h5-10,13H,4,11-12H2,1-3H3,(H,22,26). The number of alkyl halides is 3. The summed E-state index contributed by atoms with van der Waals surface area (Å²) < 4.78 is 39.8. The maximum atomic E-state index is 12.7. The van der Waals surface area contributed by atoms with Gasteiger partial charge >= 0.3 is 12.2 Å². The van der Waals surface area contributed by atoms with Crippen LogP contribution >= 0.6 is 0 Å². The van der Waals surface area contributed by atoms with E-state index in [9.17, 15) is 18.0 Å². The van der Waals surface area contributed by atoms with E-state index in [1.165, 1.54) is 12.1 Å². The lowest BCUT2D eigenvalue weighted by molar-refractivity contribution is -0.137. The Morgan fingerprint density at radius 3 is 2.46 bits per heavy atom. The van der Waals surface area contributed by atoms with Crippen molar-refractivity contribution < 1.29 is 18.0 Å². The van der Waals surface area contributed by atoms with Crippen molar-refractivity contribution in [1.82, 2.24) is 19.8 Å². The van der Waals surface area contributed by atoms with Crippen LogP contribution in [-0.4, -0.2) is 33.1 Å². The van der Waals surface area contributed by atoms with E-state index in [1.807, 2.05) is 25.3 Å². The number of imidazole rings is 1. The van der Waals surface area contributed by atoms with E-state index in [1.54, 1.807) is 17.3 Å². The molecule has 1 heterocycles. The molecule has 2 amide bonds. The van der Waals surface area contributed by atoms with Crippen molar-refractivity contribution in [2.75, 3.05) is 6.54 Å². The molecule has 5 nitrogen and oxygen atoms in total. The van der Waals surface area contributed by atoms with Crippen molar-refractivity contribution in [3.05, 3.63) is 53.6 Å². The molecule has 0 saturated heterocycles. The van der Waals surface area contributed by atoms with Gasteiger partial charge in [0.25, 0.3) is 0 Å². The smallest absolute Gasteiger partial charge is 0.338 e. The van der Waals surface area contributed by atoms with E-state index in [2.05, 4.69) is 10.3 Å². The molecule has 1 aromatic carbocycles. The molecule has 0 bridgehead atoms. The highest BCUT2D eigenvalue weighted by atomic mass is 19.4. The van der Waals surface area contributed by atoms with Crippen molar-refractivity contribution in [3.63, 3.8) is 0 Å². The molecule has 1 aromatic heterocycles. The zero-order valence-electron chi connectivity index (χ0n) is 15.0. The Bertz CT molecular complexity index is 723. The molecule has 2 rings (SSSR count). The molecule has 26 heavy (non-hydrogen) atoms. The fourth-order valence-electron chi connectivity index (χ4n) is 2.53. The second-order valence-corrected chi connectivity index (χ2v) is 6.22. The van der Waals surface area contributed by atoms with Gasteiger partial charge in [0, 0.05) is 31.5 Å². The van der Waals surface area contributed by atoms with Crippen LogP contribution < -0.4 is 5.32 Å². The highest BCUT2D eigenvalue weighted by molar-refractivity contribution is 5.74. The molecule has 1 N–H and O–H groups in total. The maximum Gasteiger partial charge on any atom is 0.416 e. The number of benzene rings is 1. The van der Waals surface area contributed by atoms with Crippen LogP contribution in [-0.2, 0) is 19.3 Å². The Morgan fingerprint density at radius 1 is 1.27 bits per heavy atom. The third-order valence-corrected chi connectivity index (χ3v) is 3.96. The monoisotopic (exact) mass is 368 g/mol. The molecule has 0 aliphatic rings. The van der Waals surface area contributed by atoms with Gasteiger partial charge in [-0.05, 0) is 38.5 Å². The van der Waals surface area contributed by atoms with Crippen LogP contribution in [0.25, 0.3) is 0 Å². The molecule has 142 valence electrons. The SMILES string of the molecule is CCNC(=O)N(Cc1nccn1Cc1ccc(C(F)(F)F)cc1)C(C)C. The van der Waals surface area contributed by atoms with Gasteiger partial charge in [0.1, 0.15) is 5.82 Å². The van der Waals surface area contributed by atoms with E-state index < -0.39 is 11.7 Å². The number of rotatable bonds is 6. The minimum atomic E-state index is -4.34. The predicted octanol–water partition coefficient (Wildman–Crippen LogP) is 3.89. The summed E-state index contributed by atoms with van der Waals surface area (Å²) in [6.07, 6.45) is -0.970. The van der Waals surface area contributed by atoms with E-state index in [4.69, 9.17) is 0 Å². The topological polar surface area (TPSA) is 50.2 Å². The number of halogens is 3. The number of carbonyl (C=O) groups excluding carboxylic acids is 1. The van der Waals surface area contributed by atoms with E-state index in [0.717, 1.165) is 17.7 Å². The van der Waals surface area contributed by atoms with Gasteiger partial charge in [-0.2, -0.15) is 13.2 Å². The average Bonchev–Trinajstić information content (AvgIpc) is 2.99. The molecule has 0 saturated carbocycles. The summed E-state index contributed by atoms with van der Waals surface area (Å²) in [7, 11) is 0. The average molecular weight is 368 g/mol. The van der Waals surface area contributed by atoms with Crippen LogP contribution in [0, 0.1) is 0 Å². The minimum absolute atomic E-state index is 0.0160. The molecule has 2 aromatic rings. The third-order valence-electron chi connectivity index (χ3n) is 3.96. The van der Waals surface area contributed by atoms with Gasteiger partial charge in [0.05, 0.1) is 12.1 Å². The first-order valence-electron chi connectivity index (χ1n) is 8.43. The Balaban J connectivity index is 2.13. The Kier molecular flexibility index (Phi) is 6.28. The molecule has 0 unspecified atom stereocenters. The second kappa shape index (κ2) is 8.25. The Hall–Kier alpha value is -2.51. The largest absolute Gasteiger partial charge is 0.416 e. The quantitative estimate of drug-likeness (QED) is 0.841. The minimum Gasteiger partial charge on any atom is -0.338 e. The van der Waals surface area contributed by atoms with Crippen LogP contribution in [0.4, 0.5) is 18.0 Å². The second-order valence-electron chi connectivity index (χ2n) is 6.22.